The molecule has 1 fully saturated rings. The van der Waals surface area contributed by atoms with Crippen LogP contribution in [0.15, 0.2) is 66.7 Å². The van der Waals surface area contributed by atoms with E-state index in [1.165, 1.54) is 25.3 Å². The van der Waals surface area contributed by atoms with E-state index in [1.54, 1.807) is 12.1 Å². The van der Waals surface area contributed by atoms with Crippen LogP contribution < -0.4 is 35.2 Å². The molecule has 10 nitrogen and oxygen atoms in total. The molecule has 0 saturated carbocycles. The van der Waals surface area contributed by atoms with Gasteiger partial charge in [0.05, 0.1) is 19.8 Å². The number of hydroxylamine groups is 2. The molecule has 49 heavy (non-hydrogen) atoms. The summed E-state index contributed by atoms with van der Waals surface area (Å²) in [6, 6.07) is 21.5. The van der Waals surface area contributed by atoms with Gasteiger partial charge in [-0.3, -0.25) is 9.59 Å². The zero-order valence-electron chi connectivity index (χ0n) is 27.8. The van der Waals surface area contributed by atoms with Gasteiger partial charge in [0, 0.05) is 78.8 Å². The number of methoxy groups -OCH3 is 2. The van der Waals surface area contributed by atoms with E-state index < -0.39 is 30.8 Å². The number of carbonyl (C=O) groups is 3. The first kappa shape index (κ1) is 31.2. The molecule has 11 heteroatoms. The Bertz CT molecular complexity index is 2020. The lowest BCUT2D eigenvalue weighted by atomic mass is 9.81. The molecule has 0 bridgehead atoms. The average molecular weight is 678 g/mol. The monoisotopic (exact) mass is 677 g/mol. The van der Waals surface area contributed by atoms with Crippen molar-refractivity contribution >= 4 is 52.2 Å². The lowest BCUT2D eigenvalue weighted by Crippen LogP contribution is -2.37. The number of imide groups is 1. The van der Waals surface area contributed by atoms with Gasteiger partial charge in [0.2, 0.25) is 0 Å². The highest BCUT2D eigenvalue weighted by Crippen LogP contribution is 2.57. The molecule has 0 aromatic heterocycles. The van der Waals surface area contributed by atoms with Crippen molar-refractivity contribution in [3.63, 3.8) is 0 Å². The summed E-state index contributed by atoms with van der Waals surface area (Å²) in [7, 11) is 3.78. The Morgan fingerprint density at radius 1 is 0.735 bits per heavy atom. The maximum absolute atomic E-state index is 16.1. The van der Waals surface area contributed by atoms with Crippen LogP contribution in [0.25, 0.3) is 0 Å². The van der Waals surface area contributed by atoms with Crippen LogP contribution >= 0.6 is 7.14 Å². The van der Waals surface area contributed by atoms with Crippen LogP contribution in [0.2, 0.25) is 0 Å². The Labute approximate surface area is 284 Å². The lowest BCUT2D eigenvalue weighted by Gasteiger charge is -2.37. The van der Waals surface area contributed by atoms with Crippen molar-refractivity contribution in [2.45, 2.75) is 31.6 Å². The van der Waals surface area contributed by atoms with Crippen LogP contribution in [0.4, 0.5) is 11.4 Å². The largest absolute Gasteiger partial charge is 0.496 e. The number of hydrogen-bond acceptors (Lipinski definition) is 9. The van der Waals surface area contributed by atoms with Gasteiger partial charge in [-0.1, -0.05) is 42.5 Å². The van der Waals surface area contributed by atoms with Crippen LogP contribution in [0.1, 0.15) is 56.9 Å². The van der Waals surface area contributed by atoms with E-state index >= 15 is 4.57 Å². The molecule has 0 radical (unpaired) electrons. The molecule has 4 aromatic rings. The number of ether oxygens (including phenoxy) is 2. The Kier molecular flexibility index (Phi) is 7.33. The number of likely N-dealkylation sites (N-methyl/N-ethyl adjacent to an activating group) is 2. The van der Waals surface area contributed by atoms with Gasteiger partial charge < -0.3 is 28.7 Å². The third kappa shape index (κ3) is 4.68. The third-order valence-electron chi connectivity index (χ3n) is 10.4. The minimum atomic E-state index is -3.40. The van der Waals surface area contributed by atoms with Gasteiger partial charge in [0.1, 0.15) is 11.5 Å². The summed E-state index contributed by atoms with van der Waals surface area (Å²) >= 11 is 0. The van der Waals surface area contributed by atoms with Crippen molar-refractivity contribution in [1.29, 1.82) is 0 Å². The molecule has 0 atom stereocenters. The van der Waals surface area contributed by atoms with Crippen molar-refractivity contribution in [3.8, 4) is 11.5 Å². The van der Waals surface area contributed by atoms with Crippen LogP contribution in [-0.2, 0) is 31.8 Å². The van der Waals surface area contributed by atoms with Crippen LogP contribution in [0.3, 0.4) is 0 Å². The molecule has 2 amide bonds. The van der Waals surface area contributed by atoms with E-state index in [0.717, 1.165) is 64.3 Å². The van der Waals surface area contributed by atoms with Gasteiger partial charge >= 0.3 is 5.97 Å². The summed E-state index contributed by atoms with van der Waals surface area (Å²) in [5, 5.41) is 2.82. The summed E-state index contributed by atoms with van der Waals surface area (Å²) in [5.41, 5.74) is 7.02. The first-order valence-corrected chi connectivity index (χ1v) is 18.1. The van der Waals surface area contributed by atoms with E-state index in [2.05, 4.69) is 48.2 Å². The fraction of sp³-hybridized carbons (Fsp3) is 0.289. The predicted molar refractivity (Wildman–Crippen MR) is 187 cm³/mol. The van der Waals surface area contributed by atoms with Crippen molar-refractivity contribution in [1.82, 2.24) is 5.06 Å². The molecule has 4 heterocycles. The van der Waals surface area contributed by atoms with Crippen molar-refractivity contribution in [2.75, 3.05) is 51.2 Å². The number of anilines is 2. The fourth-order valence-electron chi connectivity index (χ4n) is 7.88. The molecular weight excluding hydrogens is 641 g/mol. The molecule has 8 rings (SSSR count). The first-order chi connectivity index (χ1) is 23.6. The molecule has 0 aliphatic carbocycles. The fourth-order valence-corrected chi connectivity index (χ4v) is 11.0. The van der Waals surface area contributed by atoms with E-state index in [4.69, 9.17) is 14.3 Å². The molecule has 0 spiro atoms. The highest BCUT2D eigenvalue weighted by Gasteiger charge is 2.46. The van der Waals surface area contributed by atoms with Crippen molar-refractivity contribution < 1.29 is 33.3 Å². The Morgan fingerprint density at radius 2 is 1.24 bits per heavy atom. The number of nitrogens with zero attached hydrogens (tertiary/aromatic N) is 3. The van der Waals surface area contributed by atoms with E-state index in [9.17, 15) is 14.4 Å². The number of amides is 2. The maximum atomic E-state index is 16.1. The zero-order chi connectivity index (χ0) is 34.2. The van der Waals surface area contributed by atoms with Crippen LogP contribution in [0.5, 0.6) is 11.5 Å². The predicted octanol–water partition coefficient (Wildman–Crippen LogP) is 4.04. The Morgan fingerprint density at radius 3 is 1.73 bits per heavy atom. The van der Waals surface area contributed by atoms with Gasteiger partial charge in [0.25, 0.3) is 11.8 Å². The standard InChI is InChI=1S/C38H36N3O7P/c1-39-14-12-22-16-26-32(20-28(22)39)49(45,25-8-6-5-7-9-25)33-21-29-23(13-15-40(29)2)17-27(33)36(26)37-30(46-3)18-24(19-31(37)47-4)38(44)48-41-34(42)10-11-35(41)43/h5-9,16-21,36H,10-15H2,1-4H3. The smallest absolute Gasteiger partial charge is 0.364 e. The number of fused-ring (bicyclic) bond motifs is 4. The van der Waals surface area contributed by atoms with Gasteiger partial charge in [-0.25, -0.2) is 4.79 Å². The van der Waals surface area contributed by atoms with E-state index in [0.29, 0.717) is 22.1 Å². The highest BCUT2D eigenvalue weighted by atomic mass is 31.2. The maximum Gasteiger partial charge on any atom is 0.364 e. The van der Waals surface area contributed by atoms with E-state index in [1.807, 2.05) is 30.3 Å². The minimum absolute atomic E-state index is 0.00990. The van der Waals surface area contributed by atoms with Crippen LogP contribution in [0, 0.1) is 0 Å². The highest BCUT2D eigenvalue weighted by molar-refractivity contribution is 7.85. The molecule has 4 aliphatic heterocycles. The molecule has 0 unspecified atom stereocenters. The Hall–Kier alpha value is -5.08. The first-order valence-electron chi connectivity index (χ1n) is 16.4. The summed E-state index contributed by atoms with van der Waals surface area (Å²) in [5.74, 6) is -1.75. The van der Waals surface area contributed by atoms with Gasteiger partial charge in [-0.15, -0.1) is 5.06 Å². The molecule has 250 valence electrons. The number of carbonyl (C=O) groups excluding carboxylic acids is 3. The van der Waals surface area contributed by atoms with Crippen molar-refractivity contribution in [2.24, 2.45) is 0 Å². The summed E-state index contributed by atoms with van der Waals surface area (Å²) in [4.78, 5) is 47.4. The van der Waals surface area contributed by atoms with Crippen molar-refractivity contribution in [3.05, 3.63) is 100 Å². The molecule has 4 aromatic carbocycles. The molecule has 1 saturated heterocycles. The Balaban J connectivity index is 1.39. The lowest BCUT2D eigenvalue weighted by molar-refractivity contribution is -0.172. The topological polar surface area (TPSA) is 106 Å². The zero-order valence-corrected chi connectivity index (χ0v) is 28.7. The second kappa shape index (κ2) is 11.5. The SMILES string of the molecule is COc1cc(C(=O)ON2C(=O)CCC2=O)cc(OC)c1C1c2cc3c(cc2P(=O)(c2ccccc2)c2cc4c(cc21)CCN4C)N(C)CC3. The minimum Gasteiger partial charge on any atom is -0.496 e. The number of rotatable bonds is 6. The summed E-state index contributed by atoms with van der Waals surface area (Å²) in [6.45, 7) is 1.71. The average Bonchev–Trinajstić information content (AvgIpc) is 3.78. The second-order valence-corrected chi connectivity index (χ2v) is 15.8. The van der Waals surface area contributed by atoms with Gasteiger partial charge in [-0.2, -0.15) is 0 Å². The normalized spacial score (nSPS) is 20.6. The van der Waals surface area contributed by atoms with Gasteiger partial charge in [0.15, 0.2) is 7.14 Å². The second-order valence-electron chi connectivity index (χ2n) is 13.1. The molecular formula is C38H36N3O7P. The summed E-state index contributed by atoms with van der Waals surface area (Å²) in [6.07, 6.45) is 1.70. The number of hydrogen-bond donors (Lipinski definition) is 0. The van der Waals surface area contributed by atoms with Crippen LogP contribution in [-0.4, -0.2) is 64.3 Å². The third-order valence-corrected chi connectivity index (χ3v) is 13.5. The summed E-state index contributed by atoms with van der Waals surface area (Å²) < 4.78 is 28.1. The quantitative estimate of drug-likeness (QED) is 0.195. The van der Waals surface area contributed by atoms with Gasteiger partial charge in [-0.05, 0) is 59.4 Å². The number of benzene rings is 4. The molecule has 0 N–H and O–H groups in total. The molecule has 4 aliphatic rings. The van der Waals surface area contributed by atoms with E-state index in [-0.39, 0.29) is 18.4 Å².